The first kappa shape index (κ1) is 28.3. The number of carbonyl (C=O) groups excluding carboxylic acids is 1. The SMILES string of the molecule is C=C/N=C1/NC=C/C1=C(/C)c1ccn(C2(CC#N)CN(C3CCN(C(=O)c4ccnc(C(F)(F)F)c4F)CC3)C2)c1. The Morgan fingerprint density at radius 2 is 2.05 bits per heavy atom. The molecule has 2 aromatic heterocycles. The van der Waals surface area contributed by atoms with Crippen molar-refractivity contribution in [3.05, 3.63) is 84.0 Å². The first-order valence-electron chi connectivity index (χ1n) is 13.2. The standard InChI is InChI=1S/C29H29F4N7O/c1-3-35-26-22(4-12-37-26)19(2)20-6-15-40(16-20)28(9-10-34)17-39(18-28)21-7-13-38(14-8-21)27(41)23-5-11-36-25(24(23)30)29(31,32)33/h3-6,11-12,15-16,21H,1,7-9,13-14,17-18H2,2H3,(H,35,37)/b22-19+. The lowest BCUT2D eigenvalue weighted by atomic mass is 9.83. The number of nitrogens with zero attached hydrogens (tertiary/aromatic N) is 6. The minimum atomic E-state index is -4.98. The number of likely N-dealkylation sites (tertiary alicyclic amines) is 2. The number of allylic oxidation sites excluding steroid dienone is 1. The molecule has 0 aliphatic carbocycles. The van der Waals surface area contributed by atoms with Crippen molar-refractivity contribution in [3.8, 4) is 6.07 Å². The van der Waals surface area contributed by atoms with E-state index in [4.69, 9.17) is 0 Å². The Labute approximate surface area is 235 Å². The number of amidine groups is 1. The van der Waals surface area contributed by atoms with Crippen LogP contribution in [0.1, 0.15) is 47.8 Å². The molecule has 2 saturated heterocycles. The summed E-state index contributed by atoms with van der Waals surface area (Å²) in [6.07, 6.45) is 6.66. The van der Waals surface area contributed by atoms with Gasteiger partial charge in [0.05, 0.1) is 23.6 Å². The third-order valence-electron chi connectivity index (χ3n) is 8.08. The number of aliphatic imine (C=N–C) groups is 1. The van der Waals surface area contributed by atoms with Gasteiger partial charge in [0.25, 0.3) is 5.91 Å². The quantitative estimate of drug-likeness (QED) is 0.511. The Hall–Kier alpha value is -4.24. The van der Waals surface area contributed by atoms with E-state index in [9.17, 15) is 27.6 Å². The highest BCUT2D eigenvalue weighted by Gasteiger charge is 2.47. The van der Waals surface area contributed by atoms with Gasteiger partial charge in [-0.25, -0.2) is 14.4 Å². The third kappa shape index (κ3) is 5.29. The topological polar surface area (TPSA) is 89.5 Å². The van der Waals surface area contributed by atoms with Crippen molar-refractivity contribution >= 4 is 17.3 Å². The molecule has 0 aromatic carbocycles. The third-order valence-corrected chi connectivity index (χ3v) is 8.08. The number of nitriles is 1. The molecule has 1 amide bonds. The number of alkyl halides is 3. The van der Waals surface area contributed by atoms with Crippen LogP contribution in [-0.2, 0) is 11.7 Å². The van der Waals surface area contributed by atoms with Crippen LogP contribution in [0.25, 0.3) is 5.57 Å². The molecule has 0 atom stereocenters. The molecule has 41 heavy (non-hydrogen) atoms. The van der Waals surface area contributed by atoms with Crippen LogP contribution in [0.3, 0.4) is 0 Å². The molecule has 2 fully saturated rings. The second-order valence-corrected chi connectivity index (χ2v) is 10.5. The van der Waals surface area contributed by atoms with Crippen molar-refractivity contribution in [3.63, 3.8) is 0 Å². The fourth-order valence-electron chi connectivity index (χ4n) is 5.82. The van der Waals surface area contributed by atoms with Gasteiger partial charge >= 0.3 is 6.18 Å². The van der Waals surface area contributed by atoms with E-state index in [1.807, 2.05) is 31.5 Å². The number of carbonyl (C=O) groups is 1. The largest absolute Gasteiger partial charge is 0.436 e. The molecule has 3 aliphatic rings. The van der Waals surface area contributed by atoms with Crippen LogP contribution in [0.2, 0.25) is 0 Å². The van der Waals surface area contributed by atoms with Crippen molar-refractivity contribution < 1.29 is 22.4 Å². The van der Waals surface area contributed by atoms with Crippen LogP contribution in [0, 0.1) is 17.1 Å². The monoisotopic (exact) mass is 567 g/mol. The van der Waals surface area contributed by atoms with E-state index in [1.54, 1.807) is 0 Å². The number of rotatable bonds is 6. The van der Waals surface area contributed by atoms with E-state index < -0.39 is 29.2 Å². The fourth-order valence-corrected chi connectivity index (χ4v) is 5.82. The molecular weight excluding hydrogens is 538 g/mol. The Morgan fingerprint density at radius 3 is 2.71 bits per heavy atom. The van der Waals surface area contributed by atoms with E-state index in [0.717, 1.165) is 34.8 Å². The van der Waals surface area contributed by atoms with Gasteiger partial charge in [-0.15, -0.1) is 0 Å². The van der Waals surface area contributed by atoms with Gasteiger partial charge in [-0.05, 0) is 49.1 Å². The number of aromatic nitrogens is 2. The first-order chi connectivity index (χ1) is 19.6. The minimum absolute atomic E-state index is 0.144. The molecule has 8 nitrogen and oxygen atoms in total. The molecule has 12 heteroatoms. The molecule has 5 rings (SSSR count). The number of piperidine rings is 1. The molecule has 5 heterocycles. The molecule has 0 bridgehead atoms. The Kier molecular flexibility index (Phi) is 7.57. The zero-order valence-electron chi connectivity index (χ0n) is 22.5. The lowest BCUT2D eigenvalue weighted by Gasteiger charge is -2.54. The summed E-state index contributed by atoms with van der Waals surface area (Å²) in [7, 11) is 0. The molecule has 0 unspecified atom stereocenters. The fraction of sp³-hybridized carbons (Fsp3) is 0.379. The smallest absolute Gasteiger partial charge is 0.346 e. The average Bonchev–Trinajstić information content (AvgIpc) is 3.60. The Balaban J connectivity index is 1.24. The van der Waals surface area contributed by atoms with Crippen molar-refractivity contribution in [2.45, 2.75) is 43.9 Å². The number of pyridine rings is 1. The van der Waals surface area contributed by atoms with Crippen molar-refractivity contribution in [2.75, 3.05) is 26.2 Å². The van der Waals surface area contributed by atoms with Crippen LogP contribution in [0.4, 0.5) is 17.6 Å². The molecule has 214 valence electrons. The Bertz CT molecular complexity index is 1480. The number of halogens is 4. The number of hydrogen-bond donors (Lipinski definition) is 1. The van der Waals surface area contributed by atoms with Crippen molar-refractivity contribution in [1.29, 1.82) is 5.26 Å². The maximum atomic E-state index is 14.5. The second-order valence-electron chi connectivity index (χ2n) is 10.5. The summed E-state index contributed by atoms with van der Waals surface area (Å²) in [6, 6.07) is 5.48. The van der Waals surface area contributed by atoms with Crippen LogP contribution >= 0.6 is 0 Å². The summed E-state index contributed by atoms with van der Waals surface area (Å²) in [5.74, 6) is -1.68. The van der Waals surface area contributed by atoms with Crippen LogP contribution in [-0.4, -0.2) is 63.3 Å². The van der Waals surface area contributed by atoms with E-state index in [1.165, 1.54) is 11.1 Å². The normalized spacial score (nSPS) is 21.4. The predicted octanol–water partition coefficient (Wildman–Crippen LogP) is 4.70. The number of nitrogens with one attached hydrogen (secondary N) is 1. The maximum absolute atomic E-state index is 14.5. The number of hydrogen-bond acceptors (Lipinski definition) is 5. The highest BCUT2D eigenvalue weighted by molar-refractivity contribution is 6.09. The highest BCUT2D eigenvalue weighted by Crippen LogP contribution is 2.38. The summed E-state index contributed by atoms with van der Waals surface area (Å²) in [4.78, 5) is 23.9. The van der Waals surface area contributed by atoms with Gasteiger partial charge in [0, 0.05) is 68.8 Å². The van der Waals surface area contributed by atoms with Gasteiger partial charge in [-0.3, -0.25) is 9.69 Å². The molecule has 1 N–H and O–H groups in total. The van der Waals surface area contributed by atoms with E-state index in [0.29, 0.717) is 45.4 Å². The minimum Gasteiger partial charge on any atom is -0.346 e. The van der Waals surface area contributed by atoms with Gasteiger partial charge in [0.15, 0.2) is 11.5 Å². The van der Waals surface area contributed by atoms with E-state index >= 15 is 0 Å². The predicted molar refractivity (Wildman–Crippen MR) is 145 cm³/mol. The average molecular weight is 568 g/mol. The van der Waals surface area contributed by atoms with Gasteiger partial charge < -0.3 is 14.8 Å². The van der Waals surface area contributed by atoms with Crippen LogP contribution < -0.4 is 5.32 Å². The van der Waals surface area contributed by atoms with Crippen LogP contribution in [0.5, 0.6) is 0 Å². The van der Waals surface area contributed by atoms with Crippen molar-refractivity contribution in [2.24, 2.45) is 4.99 Å². The van der Waals surface area contributed by atoms with Gasteiger partial charge in [-0.1, -0.05) is 6.58 Å². The zero-order chi connectivity index (χ0) is 29.4. The zero-order valence-corrected chi connectivity index (χ0v) is 22.5. The van der Waals surface area contributed by atoms with Gasteiger partial charge in [-0.2, -0.15) is 18.4 Å². The maximum Gasteiger partial charge on any atom is 0.436 e. The van der Waals surface area contributed by atoms with Gasteiger partial charge in [0.2, 0.25) is 0 Å². The Morgan fingerprint density at radius 1 is 1.32 bits per heavy atom. The van der Waals surface area contributed by atoms with E-state index in [-0.39, 0.29) is 11.6 Å². The molecule has 0 saturated carbocycles. The summed E-state index contributed by atoms with van der Waals surface area (Å²) in [5, 5.41) is 12.7. The molecular formula is C29H29F4N7O. The molecule has 0 spiro atoms. The molecule has 0 radical (unpaired) electrons. The summed E-state index contributed by atoms with van der Waals surface area (Å²) >= 11 is 0. The summed E-state index contributed by atoms with van der Waals surface area (Å²) in [5.41, 5.74) is 0.330. The second kappa shape index (κ2) is 11.0. The summed E-state index contributed by atoms with van der Waals surface area (Å²) < 4.78 is 55.7. The molecule has 3 aliphatic heterocycles. The lowest BCUT2D eigenvalue weighted by molar-refractivity contribution is -0.143. The molecule has 2 aromatic rings. The van der Waals surface area contributed by atoms with E-state index in [2.05, 4.69) is 43.6 Å². The highest BCUT2D eigenvalue weighted by atomic mass is 19.4. The lowest BCUT2D eigenvalue weighted by Crippen LogP contribution is -2.66. The van der Waals surface area contributed by atoms with Crippen LogP contribution in [0.15, 0.2) is 66.3 Å². The van der Waals surface area contributed by atoms with Crippen molar-refractivity contribution in [1.82, 2.24) is 24.7 Å². The summed E-state index contributed by atoms with van der Waals surface area (Å²) in [6.45, 7) is 7.58. The van der Waals surface area contributed by atoms with Gasteiger partial charge in [0.1, 0.15) is 5.84 Å². The number of amides is 1. The first-order valence-corrected chi connectivity index (χ1v) is 13.2.